The number of aromatic nitrogens is 2. The lowest BCUT2D eigenvalue weighted by Gasteiger charge is -2.20. The van der Waals surface area contributed by atoms with Crippen molar-refractivity contribution < 1.29 is 14.3 Å². The highest BCUT2D eigenvalue weighted by molar-refractivity contribution is 5.75. The van der Waals surface area contributed by atoms with Gasteiger partial charge in [-0.15, -0.1) is 0 Å². The summed E-state index contributed by atoms with van der Waals surface area (Å²) in [6.45, 7) is 1.28. The number of carbonyl (C=O) groups is 1. The van der Waals surface area contributed by atoms with Gasteiger partial charge in [-0.25, -0.2) is 9.78 Å². The fourth-order valence-electron chi connectivity index (χ4n) is 2.97. The number of hydrogen-bond donors (Lipinski definition) is 2. The number of nitrogens with zero attached hydrogens (tertiary/aromatic N) is 2. The number of hydrogen-bond acceptors (Lipinski definition) is 4. The van der Waals surface area contributed by atoms with Gasteiger partial charge in [-0.2, -0.15) is 0 Å². The quantitative estimate of drug-likeness (QED) is 0.840. The Bertz CT molecular complexity index is 710. The van der Waals surface area contributed by atoms with Crippen LogP contribution in [0.1, 0.15) is 30.3 Å². The molecular weight excluding hydrogens is 320 g/mol. The van der Waals surface area contributed by atoms with Crippen LogP contribution in [0.15, 0.2) is 36.7 Å². The second-order valence-electron chi connectivity index (χ2n) is 6.10. The van der Waals surface area contributed by atoms with Crippen LogP contribution in [0, 0.1) is 0 Å². The van der Waals surface area contributed by atoms with E-state index < -0.39 is 0 Å². The molecule has 0 radical (unpaired) electrons. The van der Waals surface area contributed by atoms with Gasteiger partial charge >= 0.3 is 6.03 Å². The molecule has 1 saturated heterocycles. The molecule has 0 aliphatic carbocycles. The SMILES string of the molecule is COc1cccc([C@H](NC(=O)NC[C@H]2CCCO2)c2nccn2C)c1. The summed E-state index contributed by atoms with van der Waals surface area (Å²) in [5, 5.41) is 5.90. The van der Waals surface area contributed by atoms with Gasteiger partial charge in [0.2, 0.25) is 0 Å². The van der Waals surface area contributed by atoms with Crippen LogP contribution in [0.25, 0.3) is 0 Å². The van der Waals surface area contributed by atoms with E-state index in [2.05, 4.69) is 15.6 Å². The normalized spacial score (nSPS) is 17.9. The molecule has 0 saturated carbocycles. The van der Waals surface area contributed by atoms with E-state index in [0.717, 1.165) is 36.6 Å². The zero-order valence-corrected chi connectivity index (χ0v) is 14.6. The van der Waals surface area contributed by atoms with Gasteiger partial charge in [-0.05, 0) is 30.5 Å². The van der Waals surface area contributed by atoms with Gasteiger partial charge in [0.15, 0.2) is 0 Å². The third kappa shape index (κ3) is 4.30. The van der Waals surface area contributed by atoms with Crippen molar-refractivity contribution in [3.05, 3.63) is 48.0 Å². The smallest absolute Gasteiger partial charge is 0.315 e. The van der Waals surface area contributed by atoms with Crippen LogP contribution in [-0.4, -0.2) is 41.9 Å². The van der Waals surface area contributed by atoms with E-state index in [0.29, 0.717) is 6.54 Å². The van der Waals surface area contributed by atoms with E-state index >= 15 is 0 Å². The molecule has 2 amide bonds. The van der Waals surface area contributed by atoms with Crippen LogP contribution in [0.5, 0.6) is 5.75 Å². The molecule has 134 valence electrons. The predicted octanol–water partition coefficient (Wildman–Crippen LogP) is 2.00. The van der Waals surface area contributed by atoms with Crippen molar-refractivity contribution in [3.63, 3.8) is 0 Å². The fraction of sp³-hybridized carbons (Fsp3) is 0.444. The van der Waals surface area contributed by atoms with Crippen LogP contribution in [0.2, 0.25) is 0 Å². The molecular formula is C18H24N4O3. The summed E-state index contributed by atoms with van der Waals surface area (Å²) in [7, 11) is 3.53. The summed E-state index contributed by atoms with van der Waals surface area (Å²) in [5.74, 6) is 1.48. The summed E-state index contributed by atoms with van der Waals surface area (Å²) < 4.78 is 12.7. The predicted molar refractivity (Wildman–Crippen MR) is 93.6 cm³/mol. The van der Waals surface area contributed by atoms with Crippen LogP contribution in [0.4, 0.5) is 4.79 Å². The van der Waals surface area contributed by atoms with Crippen molar-refractivity contribution in [3.8, 4) is 5.75 Å². The summed E-state index contributed by atoms with van der Waals surface area (Å²) >= 11 is 0. The molecule has 0 unspecified atom stereocenters. The molecule has 1 aliphatic heterocycles. The van der Waals surface area contributed by atoms with Crippen LogP contribution in [-0.2, 0) is 11.8 Å². The molecule has 7 nitrogen and oxygen atoms in total. The number of urea groups is 1. The third-order valence-electron chi connectivity index (χ3n) is 4.33. The molecule has 1 fully saturated rings. The highest BCUT2D eigenvalue weighted by Crippen LogP contribution is 2.24. The first-order valence-corrected chi connectivity index (χ1v) is 8.44. The van der Waals surface area contributed by atoms with Gasteiger partial charge in [0.25, 0.3) is 0 Å². The molecule has 0 spiro atoms. The zero-order valence-electron chi connectivity index (χ0n) is 14.6. The maximum atomic E-state index is 12.4. The standard InChI is InChI=1S/C18H24N4O3/c1-22-9-8-19-17(22)16(13-5-3-6-14(11-13)24-2)21-18(23)20-12-15-7-4-10-25-15/h3,5-6,8-9,11,15-16H,4,7,10,12H2,1-2H3,(H2,20,21,23)/t15-,16+/m1/s1. The van der Waals surface area contributed by atoms with E-state index in [9.17, 15) is 4.79 Å². The molecule has 2 N–H and O–H groups in total. The first-order chi connectivity index (χ1) is 12.2. The van der Waals surface area contributed by atoms with E-state index in [4.69, 9.17) is 9.47 Å². The lowest BCUT2D eigenvalue weighted by molar-refractivity contribution is 0.111. The molecule has 1 aromatic carbocycles. The molecule has 7 heteroatoms. The molecule has 1 aliphatic rings. The molecule has 3 rings (SSSR count). The summed E-state index contributed by atoms with van der Waals surface area (Å²) in [5.41, 5.74) is 0.904. The largest absolute Gasteiger partial charge is 0.497 e. The number of carbonyl (C=O) groups excluding carboxylic acids is 1. The maximum Gasteiger partial charge on any atom is 0.315 e. The van der Waals surface area contributed by atoms with Gasteiger partial charge in [-0.3, -0.25) is 0 Å². The Balaban J connectivity index is 1.74. The number of nitrogens with one attached hydrogen (secondary N) is 2. The second-order valence-corrected chi connectivity index (χ2v) is 6.10. The number of methoxy groups -OCH3 is 1. The molecule has 1 aromatic heterocycles. The van der Waals surface area contributed by atoms with Crippen molar-refractivity contribution in [2.24, 2.45) is 7.05 Å². The Hall–Kier alpha value is -2.54. The second kappa shape index (κ2) is 8.02. The number of aryl methyl sites for hydroxylation is 1. The summed E-state index contributed by atoms with van der Waals surface area (Å²) in [4.78, 5) is 16.8. The monoisotopic (exact) mass is 344 g/mol. The number of amides is 2. The number of rotatable bonds is 6. The Morgan fingerprint density at radius 2 is 2.40 bits per heavy atom. The Morgan fingerprint density at radius 1 is 1.52 bits per heavy atom. The number of imidazole rings is 1. The molecule has 0 bridgehead atoms. The van der Waals surface area contributed by atoms with Gasteiger partial charge < -0.3 is 24.7 Å². The van der Waals surface area contributed by atoms with Crippen LogP contribution in [0.3, 0.4) is 0 Å². The van der Waals surface area contributed by atoms with Crippen molar-refractivity contribution in [2.75, 3.05) is 20.3 Å². The maximum absolute atomic E-state index is 12.4. The first-order valence-electron chi connectivity index (χ1n) is 8.44. The van der Waals surface area contributed by atoms with Crippen molar-refractivity contribution >= 4 is 6.03 Å². The number of ether oxygens (including phenoxy) is 2. The van der Waals surface area contributed by atoms with E-state index in [1.54, 1.807) is 13.3 Å². The van der Waals surface area contributed by atoms with Gasteiger partial charge in [0.05, 0.1) is 13.2 Å². The van der Waals surface area contributed by atoms with E-state index in [-0.39, 0.29) is 18.2 Å². The fourth-order valence-corrected chi connectivity index (χ4v) is 2.97. The minimum absolute atomic E-state index is 0.106. The summed E-state index contributed by atoms with van der Waals surface area (Å²) in [6, 6.07) is 7.00. The van der Waals surface area contributed by atoms with Crippen molar-refractivity contribution in [1.82, 2.24) is 20.2 Å². The topological polar surface area (TPSA) is 77.4 Å². The first kappa shape index (κ1) is 17.3. The van der Waals surface area contributed by atoms with E-state index in [1.807, 2.05) is 42.1 Å². The number of benzene rings is 1. The Labute approximate surface area is 147 Å². The molecule has 2 aromatic rings. The third-order valence-corrected chi connectivity index (χ3v) is 4.33. The van der Waals surface area contributed by atoms with Crippen molar-refractivity contribution in [2.45, 2.75) is 25.0 Å². The average Bonchev–Trinajstić information content (AvgIpc) is 3.29. The average molecular weight is 344 g/mol. The lowest BCUT2D eigenvalue weighted by Crippen LogP contribution is -2.42. The van der Waals surface area contributed by atoms with Gasteiger partial charge in [-0.1, -0.05) is 12.1 Å². The highest BCUT2D eigenvalue weighted by Gasteiger charge is 2.22. The van der Waals surface area contributed by atoms with Gasteiger partial charge in [0.1, 0.15) is 17.6 Å². The molecule has 25 heavy (non-hydrogen) atoms. The summed E-state index contributed by atoms with van der Waals surface area (Å²) in [6.07, 6.45) is 5.71. The van der Waals surface area contributed by atoms with Crippen LogP contribution < -0.4 is 15.4 Å². The molecule has 2 atom stereocenters. The van der Waals surface area contributed by atoms with Crippen molar-refractivity contribution in [1.29, 1.82) is 0 Å². The van der Waals surface area contributed by atoms with Gasteiger partial charge in [0, 0.05) is 32.6 Å². The Morgan fingerprint density at radius 3 is 3.08 bits per heavy atom. The van der Waals surface area contributed by atoms with E-state index in [1.165, 1.54) is 0 Å². The molecule has 2 heterocycles. The minimum Gasteiger partial charge on any atom is -0.497 e. The zero-order chi connectivity index (χ0) is 17.6. The lowest BCUT2D eigenvalue weighted by atomic mass is 10.1. The Kier molecular flexibility index (Phi) is 5.55. The minimum atomic E-state index is -0.375. The van der Waals surface area contributed by atoms with Crippen LogP contribution >= 0.6 is 0 Å². The highest BCUT2D eigenvalue weighted by atomic mass is 16.5.